The Bertz CT molecular complexity index is 599. The first kappa shape index (κ1) is 28.9. The molecule has 0 fully saturated rings. The molecule has 0 aromatic heterocycles. The minimum atomic E-state index is -0.929. The second-order valence-corrected chi connectivity index (χ2v) is 8.77. The number of nitrogens with one attached hydrogen (secondary N) is 2. The van der Waals surface area contributed by atoms with Crippen LogP contribution >= 0.6 is 11.8 Å². The summed E-state index contributed by atoms with van der Waals surface area (Å²) in [7, 11) is 0. The highest BCUT2D eigenvalue weighted by Crippen LogP contribution is 2.16. The molecule has 0 saturated heterocycles. The molecule has 0 spiro atoms. The monoisotopic (exact) mass is 459 g/mol. The van der Waals surface area contributed by atoms with Crippen molar-refractivity contribution in [3.05, 3.63) is 0 Å². The summed E-state index contributed by atoms with van der Waals surface area (Å²) in [5.41, 5.74) is 10.5. The fourth-order valence-electron chi connectivity index (χ4n) is 2.88. The van der Waals surface area contributed by atoms with E-state index >= 15 is 0 Å². The molecule has 0 aliphatic rings. The van der Waals surface area contributed by atoms with Crippen LogP contribution in [0.3, 0.4) is 0 Å². The van der Waals surface area contributed by atoms with E-state index in [1.165, 1.54) is 18.7 Å². The zero-order valence-corrected chi connectivity index (χ0v) is 19.3. The van der Waals surface area contributed by atoms with Crippen molar-refractivity contribution in [1.82, 2.24) is 10.6 Å². The first-order chi connectivity index (χ1) is 14.6. The highest BCUT2D eigenvalue weighted by Gasteiger charge is 2.17. The van der Waals surface area contributed by atoms with E-state index in [1.807, 2.05) is 6.92 Å². The zero-order chi connectivity index (χ0) is 23.6. The number of nitrogens with zero attached hydrogens (tertiary/aromatic N) is 1. The Hall–Kier alpha value is -2.14. The maximum atomic E-state index is 12.1. The number of nitrogens with two attached hydrogens (primary N) is 2. The number of rotatable bonds is 18. The largest absolute Gasteiger partial charge is 0.480 e. The number of carboxylic acid groups (broad SMARTS) is 1. The van der Waals surface area contributed by atoms with Gasteiger partial charge in [0.05, 0.1) is 0 Å². The van der Waals surface area contributed by atoms with Crippen molar-refractivity contribution in [2.24, 2.45) is 28.3 Å². The normalized spacial score (nSPS) is 13.6. The summed E-state index contributed by atoms with van der Waals surface area (Å²) in [6.45, 7) is 4.61. The molecule has 178 valence electrons. The Kier molecular flexibility index (Phi) is 16.3. The molecule has 3 atom stereocenters. The minimum absolute atomic E-state index is 0.0125. The summed E-state index contributed by atoms with van der Waals surface area (Å²) in [6.07, 6.45) is 4.08. The number of unbranched alkanes of at least 4 members (excludes halogenated alkanes) is 1. The smallest absolute Gasteiger partial charge is 0.320 e. The number of hydrogen-bond donors (Lipinski definition) is 5. The molecule has 0 aromatic carbocycles. The summed E-state index contributed by atoms with van der Waals surface area (Å²) >= 11 is 1.20. The molecule has 10 nitrogen and oxygen atoms in total. The van der Waals surface area contributed by atoms with Crippen LogP contribution in [0, 0.1) is 11.8 Å². The minimum Gasteiger partial charge on any atom is -0.480 e. The second kappa shape index (κ2) is 17.5. The van der Waals surface area contributed by atoms with E-state index < -0.39 is 12.0 Å². The number of amides is 1. The summed E-state index contributed by atoms with van der Waals surface area (Å²) in [6, 6.07) is -0.678. The lowest BCUT2D eigenvalue weighted by molar-refractivity contribution is -0.139. The molecule has 0 aromatic rings. The van der Waals surface area contributed by atoms with Crippen LogP contribution in [0.15, 0.2) is 4.99 Å². The molecule has 11 heteroatoms. The molecule has 0 aliphatic heterocycles. The van der Waals surface area contributed by atoms with Crippen LogP contribution in [0.4, 0.5) is 0 Å². The third-order valence-electron chi connectivity index (χ3n) is 4.51. The first-order valence-electron chi connectivity index (χ1n) is 10.5. The maximum Gasteiger partial charge on any atom is 0.320 e. The Labute approximate surface area is 188 Å². The van der Waals surface area contributed by atoms with E-state index in [1.54, 1.807) is 0 Å². The van der Waals surface area contributed by atoms with Crippen LogP contribution in [0.1, 0.15) is 52.4 Å². The number of carbonyl (C=O) groups is 4. The lowest BCUT2D eigenvalue weighted by Gasteiger charge is -2.18. The maximum absolute atomic E-state index is 12.1. The van der Waals surface area contributed by atoms with Crippen molar-refractivity contribution < 1.29 is 24.3 Å². The van der Waals surface area contributed by atoms with Crippen LogP contribution < -0.4 is 22.1 Å². The number of aldehydes is 1. The zero-order valence-electron chi connectivity index (χ0n) is 18.5. The van der Waals surface area contributed by atoms with E-state index in [0.717, 1.165) is 6.29 Å². The van der Waals surface area contributed by atoms with Gasteiger partial charge >= 0.3 is 5.97 Å². The summed E-state index contributed by atoms with van der Waals surface area (Å²) < 4.78 is 0. The number of carboxylic acids is 1. The van der Waals surface area contributed by atoms with Crippen molar-refractivity contribution in [1.29, 1.82) is 0 Å². The molecule has 31 heavy (non-hydrogen) atoms. The Morgan fingerprint density at radius 2 is 1.90 bits per heavy atom. The average Bonchev–Trinajstić information content (AvgIpc) is 2.70. The van der Waals surface area contributed by atoms with E-state index in [2.05, 4.69) is 15.6 Å². The molecule has 0 bridgehead atoms. The van der Waals surface area contributed by atoms with Crippen LogP contribution in [0.25, 0.3) is 0 Å². The Balaban J connectivity index is 4.13. The number of aliphatic imine (C=N–C) groups is 1. The molecular weight excluding hydrogens is 422 g/mol. The third kappa shape index (κ3) is 17.3. The molecule has 0 saturated carbocycles. The van der Waals surface area contributed by atoms with Gasteiger partial charge in [0, 0.05) is 38.1 Å². The molecule has 0 heterocycles. The predicted octanol–water partition coefficient (Wildman–Crippen LogP) is 0.490. The van der Waals surface area contributed by atoms with E-state index in [9.17, 15) is 24.3 Å². The van der Waals surface area contributed by atoms with Gasteiger partial charge in [0.1, 0.15) is 12.3 Å². The van der Waals surface area contributed by atoms with Gasteiger partial charge in [-0.1, -0.05) is 18.7 Å². The van der Waals surface area contributed by atoms with Crippen LogP contribution in [-0.4, -0.2) is 65.8 Å². The lowest BCUT2D eigenvalue weighted by atomic mass is 9.98. The Morgan fingerprint density at radius 1 is 1.19 bits per heavy atom. The standard InChI is InChI=1S/C20H37N5O5S/c1-14(12-26)10-16(13-31-15(2)27)11-25-18(28)7-3-4-8-23-17(19(29)30)6-5-9-24-20(21)22/h12,14,16-17,23H,3-11,13H2,1-2H3,(H,25,28)(H,29,30)(H4,21,22,24)/t14?,16?,17-/m0/s1. The van der Waals surface area contributed by atoms with Crippen molar-refractivity contribution >= 4 is 41.0 Å². The van der Waals surface area contributed by atoms with E-state index in [4.69, 9.17) is 11.5 Å². The number of aliphatic carboxylic acids is 1. The molecule has 0 radical (unpaired) electrons. The van der Waals surface area contributed by atoms with Gasteiger partial charge in [0.25, 0.3) is 0 Å². The first-order valence-corrected chi connectivity index (χ1v) is 11.5. The van der Waals surface area contributed by atoms with Crippen LogP contribution in [0.5, 0.6) is 0 Å². The van der Waals surface area contributed by atoms with Crippen molar-refractivity contribution in [3.63, 3.8) is 0 Å². The van der Waals surface area contributed by atoms with Gasteiger partial charge in [-0.25, -0.2) is 0 Å². The summed E-state index contributed by atoms with van der Waals surface area (Å²) in [5.74, 6) is -0.542. The predicted molar refractivity (Wildman–Crippen MR) is 123 cm³/mol. The van der Waals surface area contributed by atoms with E-state index in [0.29, 0.717) is 63.9 Å². The fraction of sp³-hybridized carbons (Fsp3) is 0.750. The van der Waals surface area contributed by atoms with Crippen molar-refractivity contribution in [3.8, 4) is 0 Å². The van der Waals surface area contributed by atoms with Gasteiger partial charge in [0.15, 0.2) is 11.1 Å². The highest BCUT2D eigenvalue weighted by molar-refractivity contribution is 8.13. The third-order valence-corrected chi connectivity index (χ3v) is 5.56. The fourth-order valence-corrected chi connectivity index (χ4v) is 3.60. The topological polar surface area (TPSA) is 177 Å². The molecule has 1 amide bonds. The van der Waals surface area contributed by atoms with Gasteiger partial charge in [0.2, 0.25) is 5.91 Å². The van der Waals surface area contributed by atoms with Crippen LogP contribution in [-0.2, 0) is 19.2 Å². The molecule has 7 N–H and O–H groups in total. The lowest BCUT2D eigenvalue weighted by Crippen LogP contribution is -2.37. The number of guanidine groups is 1. The van der Waals surface area contributed by atoms with E-state index in [-0.39, 0.29) is 28.8 Å². The quantitative estimate of drug-likeness (QED) is 0.0844. The number of hydrogen-bond acceptors (Lipinski definition) is 7. The molecule has 2 unspecified atom stereocenters. The Morgan fingerprint density at radius 3 is 2.48 bits per heavy atom. The van der Waals surface area contributed by atoms with Crippen LogP contribution in [0.2, 0.25) is 0 Å². The molecule has 0 rings (SSSR count). The summed E-state index contributed by atoms with van der Waals surface area (Å²) in [5, 5.41) is 15.1. The molecular formula is C20H37N5O5S. The SMILES string of the molecule is CC(=O)SCC(CNC(=O)CCCCN[C@@H](CCCN=C(N)N)C(=O)O)CC(C)C=O. The summed E-state index contributed by atoms with van der Waals surface area (Å²) in [4.78, 5) is 49.3. The van der Waals surface area contributed by atoms with Gasteiger partial charge in [-0.2, -0.15) is 0 Å². The van der Waals surface area contributed by atoms with Crippen molar-refractivity contribution in [2.75, 3.05) is 25.4 Å². The highest BCUT2D eigenvalue weighted by atomic mass is 32.2. The second-order valence-electron chi connectivity index (χ2n) is 7.57. The van der Waals surface area contributed by atoms with Gasteiger partial charge < -0.3 is 32.0 Å². The van der Waals surface area contributed by atoms with Gasteiger partial charge in [-0.15, -0.1) is 0 Å². The molecule has 0 aliphatic carbocycles. The number of carbonyl (C=O) groups excluding carboxylic acids is 3. The van der Waals surface area contributed by atoms with Gasteiger partial charge in [-0.3, -0.25) is 19.4 Å². The average molecular weight is 460 g/mol. The number of thioether (sulfide) groups is 1. The van der Waals surface area contributed by atoms with Crippen molar-refractivity contribution in [2.45, 2.75) is 58.4 Å². The van der Waals surface area contributed by atoms with Gasteiger partial charge in [-0.05, 0) is 44.6 Å².